The van der Waals surface area contributed by atoms with Gasteiger partial charge in [0.25, 0.3) is 0 Å². The number of hydrogen-bond acceptors (Lipinski definition) is 13. The van der Waals surface area contributed by atoms with E-state index in [-0.39, 0.29) is 114 Å². The quantitative estimate of drug-likeness (QED) is 0.0890. The maximum absolute atomic E-state index is 8.25. The first-order chi connectivity index (χ1) is 71.7. The largest absolute Gasteiger partial charge is 0.305 e. The van der Waals surface area contributed by atoms with Gasteiger partial charge in [-0.1, -0.05) is 119 Å². The second kappa shape index (κ2) is 56.8. The zero-order valence-electron chi connectivity index (χ0n) is 92.0. The number of aryl methyl sites for hydroxylation is 4. The molecule has 1 unspecified atom stereocenters. The monoisotopic (exact) mass is 2490 g/mol. The first kappa shape index (κ1) is 79.6. The minimum atomic E-state index is -2.46. The minimum absolute atomic E-state index is 0. The van der Waals surface area contributed by atoms with E-state index < -0.39 is 52.4 Å². The molecule has 678 valence electrons. The number of pyridine rings is 11. The predicted octanol–water partition coefficient (Wildman–Crippen LogP) is 27.6. The number of hydrogen-bond donors (Lipinski definition) is 0. The third-order valence-electron chi connectivity index (χ3n) is 18.6. The van der Waals surface area contributed by atoms with Gasteiger partial charge >= 0.3 is 0 Å². The fourth-order valence-electron chi connectivity index (χ4n) is 12.3. The van der Waals surface area contributed by atoms with E-state index in [4.69, 9.17) is 26.0 Å². The third kappa shape index (κ3) is 34.0. The molecule has 20 aromatic rings. The number of aromatic nitrogens is 13. The summed E-state index contributed by atoms with van der Waals surface area (Å²) >= 11 is 0. The summed E-state index contributed by atoms with van der Waals surface area (Å²) in [4.78, 5) is 55.6. The molecule has 0 aliphatic heterocycles. The molecule has 0 spiro atoms. The van der Waals surface area contributed by atoms with Crippen LogP contribution in [0.3, 0.4) is 0 Å². The molecule has 0 aliphatic rings. The predicted molar refractivity (Wildman–Crippen MR) is 530 cm³/mol. The summed E-state index contributed by atoms with van der Waals surface area (Å²) in [5.41, 5.74) is 21.7. The van der Waals surface area contributed by atoms with E-state index >= 15 is 0 Å². The number of rotatable bonds is 15. The van der Waals surface area contributed by atoms with Crippen molar-refractivity contribution in [2.45, 2.75) is 67.3 Å². The number of nitrogens with zero attached hydrogens (tertiary/aromatic N) is 13. The Morgan fingerprint density at radius 2 is 0.548 bits per heavy atom. The van der Waals surface area contributed by atoms with Crippen molar-refractivity contribution in [3.8, 4) is 135 Å². The molecule has 0 fully saturated rings. The van der Waals surface area contributed by atoms with Crippen LogP contribution < -0.4 is 0 Å². The molecule has 1 atom stereocenters. The molecule has 17 heteroatoms. The van der Waals surface area contributed by atoms with Crippen LogP contribution in [0.25, 0.3) is 135 Å². The average Bonchev–Trinajstić information content (AvgIpc) is 0.783. The van der Waals surface area contributed by atoms with E-state index in [1.54, 1.807) is 167 Å². The summed E-state index contributed by atoms with van der Waals surface area (Å²) in [6.07, 6.45) is 17.6. The molecule has 0 aliphatic carbocycles. The third-order valence-corrected chi connectivity index (χ3v) is 18.6. The van der Waals surface area contributed by atoms with Crippen molar-refractivity contribution in [1.29, 1.82) is 0 Å². The van der Waals surface area contributed by atoms with Gasteiger partial charge in [0.05, 0.1) is 29.0 Å². The standard InChI is InChI=1S/C20H19N2.C19H17N2.C16H11N2.C15H10N3.4C12H10N.4Ir/c1-15(2)13-18-9-6-10-19(22-18)17-11-12-21-20(14-17)16-7-4-3-5-8-16;1-14(2)17-9-6-10-18(21-17)16-11-12-20-19(13-16)15-7-4-3-5-8-15;1-2-6-13(7-3-1)16-12-14(9-11-18-16)15-8-4-5-10-17-15;1-2-4-12(5-3-1)14-10-13(6-7-17-14)15-11-16-8-9-18-15;4*1-10-7-8-12(13-9-10)11-5-3-2-4-6-11;;;;/h3-7,9-12,14-15H,13H2,1-2H3;3-7,9-14H,1-2H3;1-6,8-12H;1-4,6-11H;4*2-5,7-9H,1H3;;;;/q8*-1;;;;/i13D2,15D;1D3,14D;;;4*1D3;;;;. The molecule has 20 rings (SSSR count). The molecule has 12 heterocycles. The topological polar surface area (TPSA) is 168 Å². The molecule has 0 saturated heterocycles. The van der Waals surface area contributed by atoms with Crippen molar-refractivity contribution in [1.82, 2.24) is 64.8 Å². The minimum Gasteiger partial charge on any atom is -0.305 e. The SMILES string of the molecule is [2H]C(C)(C)C([2H])([2H])c1cccc(-c2ccnc(-c3[c-]cccc3)c2)n1.[2H]C([2H])([2H])C([2H])(C)c1cccc(-c2ccnc(-c3[c-]cccc3)c2)n1.[2H]C([2H])([2H])c1ccc(-c2[c-]cccc2)nc1.[2H]C([2H])([2H])c1ccc(-c2[c-]cccc2)nc1.[2H]C([2H])([2H])c1ccc(-c2[c-]cccc2)nc1.[2H]C([2H])([2H])c1ccc(-c2[c-]cccc2)nc1.[Ir].[Ir].[Ir].[Ir].[c-]1ccccc1-c1cc(-c2ccccn2)ccn1.[c-]1ccccc1-c1cc(-c2cnccn2)ccn1. The molecule has 0 saturated carbocycles. The van der Waals surface area contributed by atoms with Gasteiger partial charge < -0.3 is 39.9 Å². The molecule has 8 aromatic carbocycles. The van der Waals surface area contributed by atoms with Crippen molar-refractivity contribution in [2.24, 2.45) is 5.89 Å². The van der Waals surface area contributed by atoms with Gasteiger partial charge in [0, 0.05) is 186 Å². The molecule has 135 heavy (non-hydrogen) atoms. The first-order valence-electron chi connectivity index (χ1n) is 50.8. The molecule has 0 amide bonds. The van der Waals surface area contributed by atoms with Crippen LogP contribution >= 0.6 is 0 Å². The van der Waals surface area contributed by atoms with Crippen molar-refractivity contribution < 1.29 is 106 Å². The summed E-state index contributed by atoms with van der Waals surface area (Å²) < 4.78 is 142. The summed E-state index contributed by atoms with van der Waals surface area (Å²) in [5.74, 6) is -3.06. The van der Waals surface area contributed by atoms with Crippen LogP contribution in [0, 0.1) is 81.8 Å². The second-order valence-corrected chi connectivity index (χ2v) is 28.5. The van der Waals surface area contributed by atoms with Crippen LogP contribution in [0.1, 0.15) is 93.2 Å². The van der Waals surface area contributed by atoms with Gasteiger partial charge in [-0.3, -0.25) is 24.9 Å². The Morgan fingerprint density at radius 3 is 0.830 bits per heavy atom. The van der Waals surface area contributed by atoms with Gasteiger partial charge in [0.15, 0.2) is 0 Å². The van der Waals surface area contributed by atoms with Crippen LogP contribution in [-0.2, 0) is 86.8 Å². The molecule has 12 aromatic heterocycles. The fourth-order valence-corrected chi connectivity index (χ4v) is 12.3. The fraction of sp³-hybridized carbons (Fsp3) is 0.0932. The zero-order chi connectivity index (χ0) is 107. The van der Waals surface area contributed by atoms with E-state index in [0.29, 0.717) is 11.4 Å². The smallest absolute Gasteiger partial charge is 0.0878 e. The number of benzene rings is 8. The average molecular weight is 2490 g/mol. The Labute approximate surface area is 875 Å². The maximum Gasteiger partial charge on any atom is 0.0878 e. The van der Waals surface area contributed by atoms with Gasteiger partial charge in [-0.25, -0.2) is 0 Å². The van der Waals surface area contributed by atoms with Gasteiger partial charge in [-0.2, -0.15) is 0 Å². The Kier molecular flexibility index (Phi) is 33.5. The molecule has 4 radical (unpaired) electrons. The van der Waals surface area contributed by atoms with Gasteiger partial charge in [-0.15, -0.1) is 287 Å². The van der Waals surface area contributed by atoms with Crippen LogP contribution in [0.4, 0.5) is 0 Å². The van der Waals surface area contributed by atoms with E-state index in [0.717, 1.165) is 124 Å². The van der Waals surface area contributed by atoms with Crippen LogP contribution in [-0.4, -0.2) is 64.8 Å². The van der Waals surface area contributed by atoms with Gasteiger partial charge in [0.2, 0.25) is 0 Å². The van der Waals surface area contributed by atoms with Gasteiger partial charge in [-0.05, 0) is 196 Å². The summed E-state index contributed by atoms with van der Waals surface area (Å²) in [6.45, 7) is -6.35. The molecule has 0 bridgehead atoms. The molecule has 13 nitrogen and oxygen atoms in total. The molecular weight excluding hydrogens is 2370 g/mol. The Bertz CT molecular complexity index is 6830. The van der Waals surface area contributed by atoms with Crippen LogP contribution in [0.2, 0.25) is 0 Å². The van der Waals surface area contributed by atoms with Crippen molar-refractivity contribution >= 4 is 0 Å². The van der Waals surface area contributed by atoms with E-state index in [9.17, 15) is 0 Å². The Balaban J connectivity index is 0.000000195. The Hall–Kier alpha value is -13.9. The Morgan fingerprint density at radius 1 is 0.252 bits per heavy atom. The van der Waals surface area contributed by atoms with Crippen molar-refractivity contribution in [2.75, 3.05) is 0 Å². The normalized spacial score (nSPS) is 13.2. The van der Waals surface area contributed by atoms with E-state index in [2.05, 4.69) is 113 Å². The summed E-state index contributed by atoms with van der Waals surface area (Å²) in [5, 5.41) is 0. The van der Waals surface area contributed by atoms with Gasteiger partial charge in [0.1, 0.15) is 0 Å². The maximum atomic E-state index is 8.25. The van der Waals surface area contributed by atoms with Crippen molar-refractivity contribution in [3.05, 3.63) is 502 Å². The van der Waals surface area contributed by atoms with Crippen LogP contribution in [0.5, 0.6) is 0 Å². The first-order valence-corrected chi connectivity index (χ1v) is 41.3. The van der Waals surface area contributed by atoms with Crippen LogP contribution in [0.15, 0.2) is 420 Å². The van der Waals surface area contributed by atoms with Crippen molar-refractivity contribution in [3.63, 3.8) is 0 Å². The molecule has 0 N–H and O–H groups in total. The summed E-state index contributed by atoms with van der Waals surface area (Å²) in [7, 11) is 0. The van der Waals surface area contributed by atoms with E-state index in [1.807, 2.05) is 243 Å². The molecular formula is C118H97Ir4N13-8. The second-order valence-electron chi connectivity index (χ2n) is 28.5. The zero-order valence-corrected chi connectivity index (χ0v) is 82.6. The van der Waals surface area contributed by atoms with E-state index in [1.165, 1.54) is 31.7 Å². The summed E-state index contributed by atoms with van der Waals surface area (Å²) in [6, 6.07) is 130.